The highest BCUT2D eigenvalue weighted by Crippen LogP contribution is 2.29. The molecule has 1 aliphatic heterocycles. The fourth-order valence-electron chi connectivity index (χ4n) is 2.77. The van der Waals surface area contributed by atoms with Crippen molar-refractivity contribution in [2.75, 3.05) is 20.3 Å². The van der Waals surface area contributed by atoms with Crippen molar-refractivity contribution in [1.82, 2.24) is 4.31 Å². The summed E-state index contributed by atoms with van der Waals surface area (Å²) in [4.78, 5) is 0. The van der Waals surface area contributed by atoms with Gasteiger partial charge in [-0.1, -0.05) is 12.1 Å². The maximum Gasteiger partial charge on any atom is 0.118 e. The van der Waals surface area contributed by atoms with E-state index < -0.39 is 11.0 Å². The maximum absolute atomic E-state index is 12.4. The summed E-state index contributed by atoms with van der Waals surface area (Å²) in [6.07, 6.45) is 4.48. The van der Waals surface area contributed by atoms with Crippen LogP contribution < -0.4 is 4.74 Å². The van der Waals surface area contributed by atoms with Gasteiger partial charge in [0.1, 0.15) is 5.75 Å². The third-order valence-electron chi connectivity index (χ3n) is 4.33. The Balaban J connectivity index is 1.57. The van der Waals surface area contributed by atoms with Crippen molar-refractivity contribution in [3.8, 4) is 5.75 Å². The molecular formula is C19H31NO3S. The Bertz CT molecular complexity index is 524. The second-order valence-corrected chi connectivity index (χ2v) is 9.53. The molecule has 0 radical (unpaired) electrons. The lowest BCUT2D eigenvalue weighted by molar-refractivity contribution is 0.112. The minimum atomic E-state index is -0.870. The predicted octanol–water partition coefficient (Wildman–Crippen LogP) is 3.92. The van der Waals surface area contributed by atoms with Crippen LogP contribution in [0.15, 0.2) is 24.3 Å². The van der Waals surface area contributed by atoms with E-state index in [1.165, 1.54) is 12.0 Å². The molecule has 4 nitrogen and oxygen atoms in total. The number of methoxy groups -OCH3 is 1. The predicted molar refractivity (Wildman–Crippen MR) is 99.5 cm³/mol. The maximum atomic E-state index is 12.4. The van der Waals surface area contributed by atoms with Crippen LogP contribution in [0.3, 0.4) is 0 Å². The molecule has 1 unspecified atom stereocenters. The van der Waals surface area contributed by atoms with Gasteiger partial charge >= 0.3 is 0 Å². The number of hydrogen-bond donors (Lipinski definition) is 0. The summed E-state index contributed by atoms with van der Waals surface area (Å²) in [7, 11) is 0.802. The summed E-state index contributed by atoms with van der Waals surface area (Å²) in [5.74, 6) is 0.872. The number of ether oxygens (including phenoxy) is 2. The zero-order valence-corrected chi connectivity index (χ0v) is 16.2. The summed E-state index contributed by atoms with van der Waals surface area (Å²) in [5.41, 5.74) is 1.17. The molecule has 136 valence electrons. The molecule has 0 spiro atoms. The van der Waals surface area contributed by atoms with Crippen molar-refractivity contribution < 1.29 is 13.7 Å². The average Bonchev–Trinajstić information content (AvgIpc) is 2.52. The highest BCUT2D eigenvalue weighted by Gasteiger charge is 2.36. The average molecular weight is 354 g/mol. The molecular weight excluding hydrogens is 322 g/mol. The molecule has 0 aliphatic carbocycles. The van der Waals surface area contributed by atoms with Gasteiger partial charge < -0.3 is 9.47 Å². The van der Waals surface area contributed by atoms with Gasteiger partial charge in [-0.3, -0.25) is 0 Å². The van der Waals surface area contributed by atoms with Crippen molar-refractivity contribution in [3.63, 3.8) is 0 Å². The highest BCUT2D eigenvalue weighted by atomic mass is 32.2. The number of hydrogen-bond acceptors (Lipinski definition) is 3. The minimum Gasteiger partial charge on any atom is -0.497 e. The van der Waals surface area contributed by atoms with E-state index in [9.17, 15) is 4.21 Å². The lowest BCUT2D eigenvalue weighted by atomic mass is 10.0. The van der Waals surface area contributed by atoms with E-state index in [0.717, 1.165) is 38.2 Å². The molecule has 2 atom stereocenters. The molecule has 0 saturated carbocycles. The van der Waals surface area contributed by atoms with Crippen LogP contribution in [-0.4, -0.2) is 39.6 Å². The second-order valence-electron chi connectivity index (χ2n) is 7.34. The lowest BCUT2D eigenvalue weighted by Gasteiger charge is -2.42. The van der Waals surface area contributed by atoms with Gasteiger partial charge in [-0.25, -0.2) is 8.51 Å². The third-order valence-corrected chi connectivity index (χ3v) is 6.29. The first-order valence-corrected chi connectivity index (χ1v) is 9.92. The van der Waals surface area contributed by atoms with Crippen LogP contribution in [0.4, 0.5) is 0 Å². The fourth-order valence-corrected chi connectivity index (χ4v) is 4.23. The summed E-state index contributed by atoms with van der Waals surface area (Å²) < 4.78 is 25.3. The smallest absolute Gasteiger partial charge is 0.118 e. The van der Waals surface area contributed by atoms with Crippen LogP contribution in [0.1, 0.15) is 52.0 Å². The van der Waals surface area contributed by atoms with Crippen LogP contribution in [0.25, 0.3) is 0 Å². The van der Waals surface area contributed by atoms with Crippen molar-refractivity contribution in [3.05, 3.63) is 29.8 Å². The van der Waals surface area contributed by atoms with Gasteiger partial charge in [-0.05, 0) is 64.2 Å². The first-order chi connectivity index (χ1) is 11.4. The topological polar surface area (TPSA) is 38.8 Å². The van der Waals surface area contributed by atoms with Crippen molar-refractivity contribution in [1.29, 1.82) is 0 Å². The first kappa shape index (κ1) is 19.4. The molecule has 1 aliphatic rings. The first-order valence-electron chi connectivity index (χ1n) is 8.81. The number of rotatable bonds is 9. The Labute approximate surface area is 149 Å². The normalized spacial score (nSPS) is 19.8. The molecule has 24 heavy (non-hydrogen) atoms. The summed E-state index contributed by atoms with van der Waals surface area (Å²) in [6.45, 7) is 8.54. The Morgan fingerprint density at radius 3 is 2.46 bits per heavy atom. The molecule has 5 heteroatoms. The molecule has 0 N–H and O–H groups in total. The Morgan fingerprint density at radius 1 is 1.21 bits per heavy atom. The van der Waals surface area contributed by atoms with Crippen molar-refractivity contribution in [2.24, 2.45) is 0 Å². The van der Waals surface area contributed by atoms with E-state index in [4.69, 9.17) is 9.47 Å². The van der Waals surface area contributed by atoms with Gasteiger partial charge in [0.2, 0.25) is 0 Å². The Kier molecular flexibility index (Phi) is 7.26. The van der Waals surface area contributed by atoms with Gasteiger partial charge in [0, 0.05) is 19.2 Å². The minimum absolute atomic E-state index is 0.153. The van der Waals surface area contributed by atoms with Crippen LogP contribution >= 0.6 is 0 Å². The van der Waals surface area contributed by atoms with E-state index >= 15 is 0 Å². The van der Waals surface area contributed by atoms with E-state index in [2.05, 4.69) is 4.31 Å². The molecule has 0 bridgehead atoms. The molecule has 1 aromatic carbocycles. The molecule has 1 saturated heterocycles. The van der Waals surface area contributed by atoms with E-state index in [1.807, 2.05) is 45.0 Å². The zero-order valence-electron chi connectivity index (χ0n) is 15.4. The number of nitrogens with zero attached hydrogens (tertiary/aromatic N) is 1. The van der Waals surface area contributed by atoms with Crippen LogP contribution in [0.5, 0.6) is 5.75 Å². The third kappa shape index (κ3) is 5.57. The molecule has 1 heterocycles. The molecule has 1 aromatic rings. The van der Waals surface area contributed by atoms with Gasteiger partial charge in [-0.15, -0.1) is 0 Å². The van der Waals surface area contributed by atoms with Crippen LogP contribution in [0.2, 0.25) is 0 Å². The molecule has 2 rings (SSSR count). The molecule has 0 aromatic heterocycles. The number of unbranched alkanes of at least 4 members (excludes halogenated alkanes) is 1. The van der Waals surface area contributed by atoms with E-state index in [-0.39, 0.29) is 4.75 Å². The lowest BCUT2D eigenvalue weighted by Crippen LogP contribution is -2.52. The Hall–Kier alpha value is -0.910. The van der Waals surface area contributed by atoms with Gasteiger partial charge in [0.15, 0.2) is 0 Å². The number of benzene rings is 1. The molecule has 1 fully saturated rings. The fraction of sp³-hybridized carbons (Fsp3) is 0.684. The Morgan fingerprint density at radius 2 is 1.92 bits per heavy atom. The monoisotopic (exact) mass is 353 g/mol. The summed E-state index contributed by atoms with van der Waals surface area (Å²) >= 11 is 0. The summed E-state index contributed by atoms with van der Waals surface area (Å²) in [5, 5.41) is 0. The van der Waals surface area contributed by atoms with Gasteiger partial charge in [0.05, 0.1) is 29.4 Å². The van der Waals surface area contributed by atoms with Gasteiger partial charge in [0.25, 0.3) is 0 Å². The largest absolute Gasteiger partial charge is 0.497 e. The van der Waals surface area contributed by atoms with E-state index in [1.54, 1.807) is 7.11 Å². The summed E-state index contributed by atoms with van der Waals surface area (Å²) in [6, 6.07) is 8.48. The standard InChI is InChI=1S/C19H31NO3S/c1-19(2,3)24(21)20-13-12-17(20)7-5-6-14-23-15-16-8-10-18(22-4)11-9-16/h8-11,17H,5-7,12-15H2,1-4H3/t17-,24?/m0/s1. The SMILES string of the molecule is COc1ccc(COCCCC[C@H]2CCN2S(=O)C(C)(C)C)cc1. The zero-order chi connectivity index (χ0) is 17.6. The van der Waals surface area contributed by atoms with E-state index in [0.29, 0.717) is 12.6 Å². The van der Waals surface area contributed by atoms with Gasteiger partial charge in [-0.2, -0.15) is 0 Å². The van der Waals surface area contributed by atoms with Crippen LogP contribution in [0, 0.1) is 0 Å². The second kappa shape index (κ2) is 8.97. The molecule has 0 amide bonds. The van der Waals surface area contributed by atoms with Crippen molar-refractivity contribution in [2.45, 2.75) is 63.9 Å². The van der Waals surface area contributed by atoms with Crippen molar-refractivity contribution >= 4 is 11.0 Å². The quantitative estimate of drug-likeness (QED) is 0.632. The highest BCUT2D eigenvalue weighted by molar-refractivity contribution is 7.84. The van der Waals surface area contributed by atoms with Crippen LogP contribution in [-0.2, 0) is 22.3 Å².